The number of fused-ring (bicyclic) bond motifs is 2. The van der Waals surface area contributed by atoms with Crippen molar-refractivity contribution in [2.75, 3.05) is 32.1 Å². The van der Waals surface area contributed by atoms with Gasteiger partial charge < -0.3 is 19.3 Å². The van der Waals surface area contributed by atoms with Gasteiger partial charge >= 0.3 is 6.09 Å². The number of nitrogens with zero attached hydrogens (tertiary/aromatic N) is 7. The maximum atomic E-state index is 12.5. The molecular weight excluding hydrogens is 470 g/mol. The van der Waals surface area contributed by atoms with Crippen LogP contribution in [-0.4, -0.2) is 74.6 Å². The Morgan fingerprint density at radius 1 is 1.19 bits per heavy atom. The third-order valence-electron chi connectivity index (χ3n) is 6.68. The SMILES string of the molecule is COc1c(-c2ncc3nc(N4CC[C@H](N(C)C(=O)OC(C)(C)C)C4)ccc3n2)cc2cn(C)nc2c1C. The Morgan fingerprint density at radius 3 is 2.70 bits per heavy atom. The molecule has 1 atom stereocenters. The van der Waals surface area contributed by atoms with E-state index in [1.807, 2.05) is 59.1 Å². The Kier molecular flexibility index (Phi) is 6.13. The molecule has 1 fully saturated rings. The summed E-state index contributed by atoms with van der Waals surface area (Å²) in [5.74, 6) is 2.13. The molecule has 0 bridgehead atoms. The summed E-state index contributed by atoms with van der Waals surface area (Å²) in [7, 11) is 5.35. The average Bonchev–Trinajstić information content (AvgIpc) is 3.48. The number of benzene rings is 1. The van der Waals surface area contributed by atoms with Crippen LogP contribution in [0.2, 0.25) is 0 Å². The molecule has 0 radical (unpaired) electrons. The number of carbonyl (C=O) groups excluding carboxylic acids is 1. The zero-order valence-corrected chi connectivity index (χ0v) is 22.4. The van der Waals surface area contributed by atoms with Gasteiger partial charge in [0.1, 0.15) is 22.7 Å². The van der Waals surface area contributed by atoms with E-state index >= 15 is 0 Å². The summed E-state index contributed by atoms with van der Waals surface area (Å²) in [5, 5.41) is 5.55. The summed E-state index contributed by atoms with van der Waals surface area (Å²) in [6, 6.07) is 6.02. The molecule has 10 heteroatoms. The average molecular weight is 504 g/mol. The van der Waals surface area contributed by atoms with Gasteiger partial charge in [-0.15, -0.1) is 0 Å². The van der Waals surface area contributed by atoms with Crippen LogP contribution in [0.25, 0.3) is 33.3 Å². The molecule has 10 nitrogen and oxygen atoms in total. The maximum Gasteiger partial charge on any atom is 0.410 e. The van der Waals surface area contributed by atoms with E-state index in [2.05, 4.69) is 15.0 Å². The van der Waals surface area contributed by atoms with Crippen molar-refractivity contribution in [1.82, 2.24) is 29.6 Å². The number of aromatic nitrogens is 5. The molecule has 1 amide bonds. The minimum atomic E-state index is -0.519. The molecule has 0 spiro atoms. The van der Waals surface area contributed by atoms with Crippen LogP contribution < -0.4 is 9.64 Å². The minimum absolute atomic E-state index is 0.0593. The number of pyridine rings is 1. The number of hydrogen-bond donors (Lipinski definition) is 0. The Morgan fingerprint density at radius 2 is 1.97 bits per heavy atom. The van der Waals surface area contributed by atoms with Crippen LogP contribution in [0.4, 0.5) is 10.6 Å². The standard InChI is InChI=1S/C27H33N7O3/c1-16-23-17(14-32(5)31-23)12-19(24(16)36-7)25-28-13-21-20(30-25)8-9-22(29-21)34-11-10-18(15-34)33(6)26(35)37-27(2,3)4/h8-9,12-14,18H,10-11,15H2,1-7H3/t18-/m0/s1. The van der Waals surface area contributed by atoms with Crippen molar-refractivity contribution in [3.05, 3.63) is 36.2 Å². The van der Waals surface area contributed by atoms with E-state index < -0.39 is 5.60 Å². The highest BCUT2D eigenvalue weighted by molar-refractivity contribution is 5.91. The summed E-state index contributed by atoms with van der Waals surface area (Å²) < 4.78 is 13.1. The fraction of sp³-hybridized carbons (Fsp3) is 0.444. The number of aryl methyl sites for hydroxylation is 2. The van der Waals surface area contributed by atoms with Gasteiger partial charge in [-0.3, -0.25) is 4.68 Å². The zero-order valence-electron chi connectivity index (χ0n) is 22.4. The topological polar surface area (TPSA) is 98.5 Å². The first-order valence-electron chi connectivity index (χ1n) is 12.4. The van der Waals surface area contributed by atoms with Crippen LogP contribution in [0.15, 0.2) is 30.6 Å². The molecule has 1 saturated heterocycles. The molecule has 3 aromatic heterocycles. The van der Waals surface area contributed by atoms with E-state index in [1.54, 1.807) is 29.9 Å². The quantitative estimate of drug-likeness (QED) is 0.406. The van der Waals surface area contributed by atoms with Crippen molar-refractivity contribution in [2.24, 2.45) is 7.05 Å². The van der Waals surface area contributed by atoms with Gasteiger partial charge in [0, 0.05) is 44.3 Å². The Balaban J connectivity index is 1.39. The highest BCUT2D eigenvalue weighted by Crippen LogP contribution is 2.36. The Bertz CT molecular complexity index is 1490. The van der Waals surface area contributed by atoms with Crippen LogP contribution in [-0.2, 0) is 11.8 Å². The van der Waals surface area contributed by atoms with Crippen molar-refractivity contribution in [3.63, 3.8) is 0 Å². The van der Waals surface area contributed by atoms with Crippen LogP contribution in [0, 0.1) is 6.92 Å². The first kappa shape index (κ1) is 24.7. The number of likely N-dealkylation sites (N-methyl/N-ethyl adjacent to an activating group) is 1. The first-order chi connectivity index (χ1) is 17.5. The zero-order chi connectivity index (χ0) is 26.5. The Labute approximate surface area is 216 Å². The minimum Gasteiger partial charge on any atom is -0.496 e. The van der Waals surface area contributed by atoms with Crippen LogP contribution in [0.3, 0.4) is 0 Å². The molecule has 0 saturated carbocycles. The van der Waals surface area contributed by atoms with Crippen LogP contribution in [0.1, 0.15) is 32.8 Å². The smallest absolute Gasteiger partial charge is 0.410 e. The second-order valence-electron chi connectivity index (χ2n) is 10.6. The second-order valence-corrected chi connectivity index (χ2v) is 10.6. The summed E-state index contributed by atoms with van der Waals surface area (Å²) in [4.78, 5) is 30.6. The number of methoxy groups -OCH3 is 1. The molecule has 4 aromatic rings. The van der Waals surface area contributed by atoms with E-state index in [4.69, 9.17) is 19.4 Å². The monoisotopic (exact) mass is 503 g/mol. The lowest BCUT2D eigenvalue weighted by Crippen LogP contribution is -2.42. The molecule has 0 unspecified atom stereocenters. The van der Waals surface area contributed by atoms with Gasteiger partial charge in [-0.05, 0) is 52.3 Å². The number of hydrogen-bond acceptors (Lipinski definition) is 8. The third-order valence-corrected chi connectivity index (χ3v) is 6.68. The molecule has 5 rings (SSSR count). The highest BCUT2D eigenvalue weighted by atomic mass is 16.6. The predicted octanol–water partition coefficient (Wildman–Crippen LogP) is 4.34. The second kappa shape index (κ2) is 9.17. The first-order valence-corrected chi connectivity index (χ1v) is 12.4. The molecule has 0 N–H and O–H groups in total. The van der Waals surface area contributed by atoms with Crippen molar-refractivity contribution >= 4 is 33.8 Å². The van der Waals surface area contributed by atoms with Crippen molar-refractivity contribution < 1.29 is 14.3 Å². The van der Waals surface area contributed by atoms with Gasteiger partial charge in [0.15, 0.2) is 5.82 Å². The lowest BCUT2D eigenvalue weighted by molar-refractivity contribution is 0.0238. The molecular formula is C27H33N7O3. The van der Waals surface area contributed by atoms with E-state index in [9.17, 15) is 4.79 Å². The largest absolute Gasteiger partial charge is 0.496 e. The Hall–Kier alpha value is -3.95. The number of carbonyl (C=O) groups is 1. The summed E-state index contributed by atoms with van der Waals surface area (Å²) in [5.41, 5.74) is 3.61. The fourth-order valence-corrected chi connectivity index (χ4v) is 4.83. The van der Waals surface area contributed by atoms with Gasteiger partial charge in [-0.1, -0.05) is 0 Å². The summed E-state index contributed by atoms with van der Waals surface area (Å²) in [6.45, 7) is 9.11. The van der Waals surface area contributed by atoms with Crippen LogP contribution in [0.5, 0.6) is 5.75 Å². The number of amides is 1. The number of anilines is 1. The molecule has 1 aromatic carbocycles. The fourth-order valence-electron chi connectivity index (χ4n) is 4.83. The summed E-state index contributed by atoms with van der Waals surface area (Å²) >= 11 is 0. The lowest BCUT2D eigenvalue weighted by Gasteiger charge is -2.28. The van der Waals surface area contributed by atoms with Crippen LogP contribution >= 0.6 is 0 Å². The van der Waals surface area contributed by atoms with Gasteiger partial charge in [0.25, 0.3) is 0 Å². The number of ether oxygens (including phenoxy) is 2. The maximum absolute atomic E-state index is 12.5. The van der Waals surface area contributed by atoms with Crippen molar-refractivity contribution in [3.8, 4) is 17.1 Å². The van der Waals surface area contributed by atoms with E-state index in [-0.39, 0.29) is 12.1 Å². The molecule has 4 heterocycles. The van der Waals surface area contributed by atoms with E-state index in [1.165, 1.54) is 0 Å². The molecule has 37 heavy (non-hydrogen) atoms. The van der Waals surface area contributed by atoms with Gasteiger partial charge in [-0.25, -0.2) is 19.7 Å². The molecule has 0 aliphatic carbocycles. The molecule has 1 aliphatic heterocycles. The summed E-state index contributed by atoms with van der Waals surface area (Å²) in [6.07, 6.45) is 4.27. The normalized spacial score (nSPS) is 16.0. The molecule has 1 aliphatic rings. The van der Waals surface area contributed by atoms with Gasteiger partial charge in [-0.2, -0.15) is 5.10 Å². The lowest BCUT2D eigenvalue weighted by atomic mass is 10.0. The van der Waals surface area contributed by atoms with Gasteiger partial charge in [0.2, 0.25) is 0 Å². The van der Waals surface area contributed by atoms with Crippen molar-refractivity contribution in [1.29, 1.82) is 0 Å². The van der Waals surface area contributed by atoms with Gasteiger partial charge in [0.05, 0.1) is 35.9 Å². The van der Waals surface area contributed by atoms with Crippen molar-refractivity contribution in [2.45, 2.75) is 45.8 Å². The third kappa shape index (κ3) is 4.75. The predicted molar refractivity (Wildman–Crippen MR) is 143 cm³/mol. The van der Waals surface area contributed by atoms with E-state index in [0.717, 1.165) is 46.3 Å². The number of rotatable bonds is 4. The van der Waals surface area contributed by atoms with E-state index in [0.29, 0.717) is 23.6 Å². The highest BCUT2D eigenvalue weighted by Gasteiger charge is 2.31. The molecule has 194 valence electrons.